The van der Waals surface area contributed by atoms with Crippen LogP contribution in [0.4, 0.5) is 5.69 Å². The van der Waals surface area contributed by atoms with Crippen molar-refractivity contribution < 1.29 is 14.4 Å². The molecule has 1 N–H and O–H groups in total. The number of likely N-dealkylation sites (tertiary alicyclic amines) is 1. The third-order valence-corrected chi connectivity index (χ3v) is 7.24. The van der Waals surface area contributed by atoms with Crippen LogP contribution in [-0.4, -0.2) is 65.4 Å². The van der Waals surface area contributed by atoms with E-state index in [1.807, 2.05) is 91.5 Å². The number of anilines is 1. The zero-order valence-corrected chi connectivity index (χ0v) is 20.8. The molecule has 2 saturated heterocycles. The highest BCUT2D eigenvalue weighted by Crippen LogP contribution is 2.39. The average Bonchev–Trinajstić information content (AvgIpc) is 3.14. The van der Waals surface area contributed by atoms with Gasteiger partial charge in [-0.25, -0.2) is 0 Å². The Morgan fingerprint density at radius 1 is 0.917 bits per heavy atom. The van der Waals surface area contributed by atoms with E-state index in [0.717, 1.165) is 16.5 Å². The molecule has 2 fully saturated rings. The maximum Gasteiger partial charge on any atom is 0.253 e. The molecule has 0 aromatic heterocycles. The second-order valence-electron chi connectivity index (χ2n) is 10.0. The van der Waals surface area contributed by atoms with E-state index in [0.29, 0.717) is 38.2 Å². The molecule has 0 unspecified atom stereocenters. The van der Waals surface area contributed by atoms with Gasteiger partial charge in [0.05, 0.1) is 6.67 Å². The fourth-order valence-corrected chi connectivity index (χ4v) is 5.45. The van der Waals surface area contributed by atoms with E-state index in [-0.39, 0.29) is 30.3 Å². The van der Waals surface area contributed by atoms with Gasteiger partial charge >= 0.3 is 0 Å². The maximum absolute atomic E-state index is 13.8. The van der Waals surface area contributed by atoms with Gasteiger partial charge in [0.25, 0.3) is 11.8 Å². The SMILES string of the molecule is CC(C)NC(=O)CN1CN(c2ccccc2)C2(CCN(C(=O)c3ccc4ccccc4c3)CC2)C1=O. The zero-order chi connectivity index (χ0) is 25.3. The standard InChI is InChI=1S/C29H32N4O3/c1-21(2)30-26(34)19-32-20-33(25-10-4-3-5-11-25)29(28(32)36)14-16-31(17-15-29)27(35)24-13-12-22-8-6-7-9-23(22)18-24/h3-13,18,21H,14-17,19-20H2,1-2H3,(H,30,34). The van der Waals surface area contributed by atoms with Crippen LogP contribution in [0.25, 0.3) is 10.8 Å². The Kier molecular flexibility index (Phi) is 6.39. The Morgan fingerprint density at radius 3 is 2.28 bits per heavy atom. The van der Waals surface area contributed by atoms with E-state index >= 15 is 0 Å². The molecule has 0 aliphatic carbocycles. The van der Waals surface area contributed by atoms with Gasteiger partial charge in [-0.05, 0) is 61.7 Å². The lowest BCUT2D eigenvalue weighted by molar-refractivity contribution is -0.137. The van der Waals surface area contributed by atoms with Gasteiger partial charge < -0.3 is 20.0 Å². The Bertz CT molecular complexity index is 1280. The summed E-state index contributed by atoms with van der Waals surface area (Å²) in [6.07, 6.45) is 1.03. The number of rotatable bonds is 5. The van der Waals surface area contributed by atoms with Crippen molar-refractivity contribution in [3.8, 4) is 0 Å². The lowest BCUT2D eigenvalue weighted by Gasteiger charge is -2.43. The van der Waals surface area contributed by atoms with E-state index in [1.54, 1.807) is 4.90 Å². The van der Waals surface area contributed by atoms with Gasteiger partial charge in [0.15, 0.2) is 0 Å². The number of nitrogens with zero attached hydrogens (tertiary/aromatic N) is 3. The maximum atomic E-state index is 13.8. The molecule has 7 nitrogen and oxygen atoms in total. The molecule has 3 aromatic carbocycles. The molecule has 2 aliphatic rings. The van der Waals surface area contributed by atoms with Gasteiger partial charge in [0.2, 0.25) is 5.91 Å². The molecule has 0 saturated carbocycles. The topological polar surface area (TPSA) is 73.0 Å². The molecular weight excluding hydrogens is 452 g/mol. The van der Waals surface area contributed by atoms with Crippen LogP contribution in [0, 0.1) is 0 Å². The first kappa shape index (κ1) is 23.9. The van der Waals surface area contributed by atoms with Crippen LogP contribution in [0.5, 0.6) is 0 Å². The van der Waals surface area contributed by atoms with Crippen LogP contribution in [0.3, 0.4) is 0 Å². The van der Waals surface area contributed by atoms with Crippen molar-refractivity contribution in [1.29, 1.82) is 0 Å². The highest BCUT2D eigenvalue weighted by molar-refractivity contribution is 6.00. The number of hydrogen-bond donors (Lipinski definition) is 1. The molecule has 0 radical (unpaired) electrons. The summed E-state index contributed by atoms with van der Waals surface area (Å²) in [7, 11) is 0. The van der Waals surface area contributed by atoms with Gasteiger partial charge in [-0.2, -0.15) is 0 Å². The van der Waals surface area contributed by atoms with Crippen LogP contribution in [0.15, 0.2) is 72.8 Å². The van der Waals surface area contributed by atoms with Gasteiger partial charge in [0.1, 0.15) is 12.1 Å². The van der Waals surface area contributed by atoms with Crippen molar-refractivity contribution in [2.75, 3.05) is 31.2 Å². The van der Waals surface area contributed by atoms with E-state index in [1.165, 1.54) is 0 Å². The number of benzene rings is 3. The Balaban J connectivity index is 1.36. The Morgan fingerprint density at radius 2 is 1.58 bits per heavy atom. The molecule has 3 aromatic rings. The smallest absolute Gasteiger partial charge is 0.253 e. The fourth-order valence-electron chi connectivity index (χ4n) is 5.45. The predicted octanol–water partition coefficient (Wildman–Crippen LogP) is 3.65. The third-order valence-electron chi connectivity index (χ3n) is 7.24. The lowest BCUT2D eigenvalue weighted by Crippen LogP contribution is -2.57. The van der Waals surface area contributed by atoms with E-state index in [9.17, 15) is 14.4 Å². The van der Waals surface area contributed by atoms with Crippen LogP contribution in [0.2, 0.25) is 0 Å². The molecule has 5 rings (SSSR count). The fraction of sp³-hybridized carbons (Fsp3) is 0.345. The summed E-state index contributed by atoms with van der Waals surface area (Å²) in [5.74, 6) is -0.212. The number of hydrogen-bond acceptors (Lipinski definition) is 4. The van der Waals surface area contributed by atoms with Crippen molar-refractivity contribution in [2.24, 2.45) is 0 Å². The first-order valence-corrected chi connectivity index (χ1v) is 12.6. The van der Waals surface area contributed by atoms with E-state index in [2.05, 4.69) is 10.2 Å². The second-order valence-corrected chi connectivity index (χ2v) is 10.0. The number of piperidine rings is 1. The lowest BCUT2D eigenvalue weighted by atomic mass is 9.85. The highest BCUT2D eigenvalue weighted by Gasteiger charge is 2.54. The first-order chi connectivity index (χ1) is 17.4. The van der Waals surface area contributed by atoms with E-state index in [4.69, 9.17) is 0 Å². The van der Waals surface area contributed by atoms with Gasteiger partial charge in [-0.15, -0.1) is 0 Å². The van der Waals surface area contributed by atoms with Crippen LogP contribution < -0.4 is 10.2 Å². The second kappa shape index (κ2) is 9.64. The summed E-state index contributed by atoms with van der Waals surface area (Å²) in [6, 6.07) is 23.7. The molecule has 36 heavy (non-hydrogen) atoms. The highest BCUT2D eigenvalue weighted by atomic mass is 16.2. The van der Waals surface area contributed by atoms with Crippen molar-refractivity contribution >= 4 is 34.2 Å². The minimum absolute atomic E-state index is 0.0127. The van der Waals surface area contributed by atoms with E-state index < -0.39 is 5.54 Å². The molecule has 2 heterocycles. The van der Waals surface area contributed by atoms with Gasteiger partial charge in [-0.3, -0.25) is 14.4 Å². The van der Waals surface area contributed by atoms with Crippen LogP contribution in [0.1, 0.15) is 37.0 Å². The number of carbonyl (C=O) groups is 3. The number of fused-ring (bicyclic) bond motifs is 1. The monoisotopic (exact) mass is 484 g/mol. The molecule has 7 heteroatoms. The first-order valence-electron chi connectivity index (χ1n) is 12.6. The number of nitrogens with one attached hydrogen (secondary N) is 1. The molecule has 3 amide bonds. The van der Waals surface area contributed by atoms with Crippen molar-refractivity contribution in [2.45, 2.75) is 38.3 Å². The molecule has 0 bridgehead atoms. The number of carbonyl (C=O) groups excluding carboxylic acids is 3. The minimum Gasteiger partial charge on any atom is -0.352 e. The van der Waals surface area contributed by atoms with Crippen molar-refractivity contribution in [1.82, 2.24) is 15.1 Å². The number of amides is 3. The predicted molar refractivity (Wildman–Crippen MR) is 141 cm³/mol. The third kappa shape index (κ3) is 4.41. The Hall–Kier alpha value is -3.87. The zero-order valence-electron chi connectivity index (χ0n) is 20.8. The quantitative estimate of drug-likeness (QED) is 0.600. The van der Waals surface area contributed by atoms with Gasteiger partial charge in [0, 0.05) is 30.4 Å². The van der Waals surface area contributed by atoms with Crippen LogP contribution >= 0.6 is 0 Å². The molecular formula is C29H32N4O3. The average molecular weight is 485 g/mol. The normalized spacial score (nSPS) is 17.3. The summed E-state index contributed by atoms with van der Waals surface area (Å²) in [5.41, 5.74) is 0.848. The summed E-state index contributed by atoms with van der Waals surface area (Å²) >= 11 is 0. The van der Waals surface area contributed by atoms with Gasteiger partial charge in [-0.1, -0.05) is 48.5 Å². The summed E-state index contributed by atoms with van der Waals surface area (Å²) in [5, 5.41) is 5.02. The molecule has 186 valence electrons. The number of para-hydroxylation sites is 1. The summed E-state index contributed by atoms with van der Waals surface area (Å²) in [4.78, 5) is 45.2. The summed E-state index contributed by atoms with van der Waals surface area (Å²) < 4.78 is 0. The molecule has 0 atom stereocenters. The van der Waals surface area contributed by atoms with Crippen LogP contribution in [-0.2, 0) is 9.59 Å². The Labute approximate surface area is 211 Å². The summed E-state index contributed by atoms with van der Waals surface area (Å²) in [6.45, 7) is 5.15. The largest absolute Gasteiger partial charge is 0.352 e. The van der Waals surface area contributed by atoms with Crippen molar-refractivity contribution in [3.63, 3.8) is 0 Å². The molecule has 2 aliphatic heterocycles. The molecule has 1 spiro atoms. The minimum atomic E-state index is -0.764. The van der Waals surface area contributed by atoms with Crippen molar-refractivity contribution in [3.05, 3.63) is 78.4 Å².